The maximum atomic E-state index is 13.1. The molecule has 5 nitrogen and oxygen atoms in total. The van der Waals surface area contributed by atoms with Gasteiger partial charge in [0.05, 0.1) is 38.2 Å². The maximum Gasteiger partial charge on any atom is 0.153 e. The fraction of sp³-hybridized carbons (Fsp3) is 0.381. The molecule has 1 aliphatic heterocycles. The molecule has 0 aromatic heterocycles. The lowest BCUT2D eigenvalue weighted by atomic mass is 9.93. The average molecular weight is 373 g/mol. The molecule has 0 saturated carbocycles. The van der Waals surface area contributed by atoms with Gasteiger partial charge in [-0.15, -0.1) is 0 Å². The van der Waals surface area contributed by atoms with Gasteiger partial charge in [-0.1, -0.05) is 23.4 Å². The molecule has 144 valence electrons. The quantitative estimate of drug-likeness (QED) is 0.544. The van der Waals surface area contributed by atoms with E-state index in [0.29, 0.717) is 30.9 Å². The van der Waals surface area contributed by atoms with Crippen molar-refractivity contribution in [3.05, 3.63) is 59.4 Å². The molecule has 27 heavy (non-hydrogen) atoms. The van der Waals surface area contributed by atoms with E-state index in [9.17, 15) is 4.39 Å². The van der Waals surface area contributed by atoms with Gasteiger partial charge in [-0.05, 0) is 36.8 Å². The molecule has 6 heteroatoms. The number of methoxy groups -OCH3 is 2. The van der Waals surface area contributed by atoms with Crippen molar-refractivity contribution in [1.82, 2.24) is 0 Å². The molecule has 1 saturated heterocycles. The molecular weight excluding hydrogens is 349 g/mol. The van der Waals surface area contributed by atoms with Crippen molar-refractivity contribution in [2.75, 3.05) is 20.8 Å². The Balaban J connectivity index is 1.60. The molecule has 1 fully saturated rings. The minimum Gasteiger partial charge on any atom is -0.496 e. The zero-order valence-corrected chi connectivity index (χ0v) is 15.8. The van der Waals surface area contributed by atoms with E-state index in [-0.39, 0.29) is 17.5 Å². The predicted octanol–water partition coefficient (Wildman–Crippen LogP) is 3.98. The van der Waals surface area contributed by atoms with Crippen LogP contribution in [0.1, 0.15) is 24.5 Å². The van der Waals surface area contributed by atoms with E-state index in [0.717, 1.165) is 11.1 Å². The molecule has 0 bridgehead atoms. The highest BCUT2D eigenvalue weighted by atomic mass is 19.1. The first-order valence-corrected chi connectivity index (χ1v) is 8.81. The minimum absolute atomic E-state index is 0.146. The molecule has 0 N–H and O–H groups in total. The van der Waals surface area contributed by atoms with Crippen molar-refractivity contribution >= 4 is 6.21 Å². The van der Waals surface area contributed by atoms with Gasteiger partial charge < -0.3 is 19.0 Å². The fourth-order valence-electron chi connectivity index (χ4n) is 3.29. The van der Waals surface area contributed by atoms with E-state index in [1.807, 2.05) is 25.1 Å². The first-order valence-electron chi connectivity index (χ1n) is 8.81. The Morgan fingerprint density at radius 3 is 2.44 bits per heavy atom. The monoisotopic (exact) mass is 373 g/mol. The summed E-state index contributed by atoms with van der Waals surface area (Å²) in [5.41, 5.74) is 1.39. The Bertz CT molecular complexity index is 771. The van der Waals surface area contributed by atoms with E-state index < -0.39 is 0 Å². The summed E-state index contributed by atoms with van der Waals surface area (Å²) in [5.74, 6) is 1.08. The summed E-state index contributed by atoms with van der Waals surface area (Å²) >= 11 is 0. The van der Waals surface area contributed by atoms with Crippen molar-refractivity contribution in [3.8, 4) is 11.5 Å². The summed E-state index contributed by atoms with van der Waals surface area (Å²) in [5, 5.41) is 4.11. The zero-order chi connectivity index (χ0) is 19.3. The fourth-order valence-corrected chi connectivity index (χ4v) is 3.29. The summed E-state index contributed by atoms with van der Waals surface area (Å²) < 4.78 is 29.7. The van der Waals surface area contributed by atoms with Gasteiger partial charge in [-0.3, -0.25) is 0 Å². The highest BCUT2D eigenvalue weighted by molar-refractivity contribution is 5.87. The number of hydrogen-bond donors (Lipinski definition) is 0. The van der Waals surface area contributed by atoms with Gasteiger partial charge in [0.2, 0.25) is 0 Å². The van der Waals surface area contributed by atoms with Gasteiger partial charge in [0.25, 0.3) is 0 Å². The number of ether oxygens (including phenoxy) is 3. The van der Waals surface area contributed by atoms with Crippen molar-refractivity contribution in [2.24, 2.45) is 5.16 Å². The van der Waals surface area contributed by atoms with Gasteiger partial charge in [0.15, 0.2) is 6.10 Å². The molecule has 3 rings (SSSR count). The van der Waals surface area contributed by atoms with Crippen molar-refractivity contribution in [1.29, 1.82) is 0 Å². The molecule has 2 aromatic carbocycles. The van der Waals surface area contributed by atoms with Gasteiger partial charge in [0, 0.05) is 12.8 Å². The molecule has 0 radical (unpaired) electrons. The lowest BCUT2D eigenvalue weighted by Gasteiger charge is -2.22. The summed E-state index contributed by atoms with van der Waals surface area (Å²) in [6.07, 6.45) is 2.84. The second kappa shape index (κ2) is 8.39. The van der Waals surface area contributed by atoms with Crippen LogP contribution in [0.2, 0.25) is 0 Å². The topological polar surface area (TPSA) is 49.3 Å². The first-order chi connectivity index (χ1) is 13.0. The SMILES string of the molecule is COc1cccc(OC)c1/C=N/OC1COC(C)(Cc2ccc(F)cc2)C1. The van der Waals surface area contributed by atoms with Crippen LogP contribution >= 0.6 is 0 Å². The molecule has 2 atom stereocenters. The van der Waals surface area contributed by atoms with Crippen molar-refractivity contribution in [2.45, 2.75) is 31.5 Å². The Morgan fingerprint density at radius 2 is 1.81 bits per heavy atom. The summed E-state index contributed by atoms with van der Waals surface area (Å²) in [6, 6.07) is 12.0. The van der Waals surface area contributed by atoms with Gasteiger partial charge in [0.1, 0.15) is 17.3 Å². The first kappa shape index (κ1) is 19.2. The third-order valence-electron chi connectivity index (χ3n) is 4.63. The molecular formula is C21H24FNO4. The van der Waals surface area contributed by atoms with E-state index in [2.05, 4.69) is 5.16 Å². The highest BCUT2D eigenvalue weighted by Gasteiger charge is 2.37. The van der Waals surface area contributed by atoms with Crippen LogP contribution in [0.25, 0.3) is 0 Å². The Morgan fingerprint density at radius 1 is 1.15 bits per heavy atom. The van der Waals surface area contributed by atoms with Crippen LogP contribution in [0.4, 0.5) is 4.39 Å². The van der Waals surface area contributed by atoms with E-state index in [1.54, 1.807) is 32.6 Å². The smallest absolute Gasteiger partial charge is 0.153 e. The van der Waals surface area contributed by atoms with E-state index in [4.69, 9.17) is 19.0 Å². The van der Waals surface area contributed by atoms with Gasteiger partial charge in [-0.2, -0.15) is 0 Å². The lowest BCUT2D eigenvalue weighted by Crippen LogP contribution is -2.27. The molecule has 1 aliphatic rings. The largest absolute Gasteiger partial charge is 0.496 e. The Labute approximate surface area is 158 Å². The third-order valence-corrected chi connectivity index (χ3v) is 4.63. The van der Waals surface area contributed by atoms with Crippen LogP contribution in [0.3, 0.4) is 0 Å². The summed E-state index contributed by atoms with van der Waals surface area (Å²) in [6.45, 7) is 2.49. The molecule has 0 spiro atoms. The maximum absolute atomic E-state index is 13.1. The van der Waals surface area contributed by atoms with Crippen LogP contribution < -0.4 is 9.47 Å². The average Bonchev–Trinajstić information content (AvgIpc) is 3.04. The zero-order valence-electron chi connectivity index (χ0n) is 15.8. The number of halogens is 1. The predicted molar refractivity (Wildman–Crippen MR) is 101 cm³/mol. The second-order valence-electron chi connectivity index (χ2n) is 6.81. The molecule has 1 heterocycles. The van der Waals surface area contributed by atoms with Crippen molar-refractivity contribution in [3.63, 3.8) is 0 Å². The molecule has 0 aliphatic carbocycles. The number of nitrogens with zero attached hydrogens (tertiary/aromatic N) is 1. The number of rotatable bonds is 7. The van der Waals surface area contributed by atoms with E-state index in [1.165, 1.54) is 12.1 Å². The molecule has 0 amide bonds. The lowest BCUT2D eigenvalue weighted by molar-refractivity contribution is 0.00869. The molecule has 2 unspecified atom stereocenters. The Kier molecular flexibility index (Phi) is 5.96. The number of benzene rings is 2. The van der Waals surface area contributed by atoms with E-state index >= 15 is 0 Å². The summed E-state index contributed by atoms with van der Waals surface area (Å²) in [4.78, 5) is 5.63. The second-order valence-corrected chi connectivity index (χ2v) is 6.81. The van der Waals surface area contributed by atoms with Gasteiger partial charge >= 0.3 is 0 Å². The number of hydrogen-bond acceptors (Lipinski definition) is 5. The van der Waals surface area contributed by atoms with Crippen molar-refractivity contribution < 1.29 is 23.4 Å². The third kappa shape index (κ3) is 4.77. The van der Waals surface area contributed by atoms with Crippen LogP contribution in [0, 0.1) is 5.82 Å². The number of oxime groups is 1. The standard InChI is InChI=1S/C21H24FNO4/c1-21(11-15-7-9-16(22)10-8-15)12-17(14-26-21)27-23-13-18-19(24-2)5-4-6-20(18)25-3/h4-10,13,17H,11-12,14H2,1-3H3/b23-13+. The molecule has 2 aromatic rings. The highest BCUT2D eigenvalue weighted by Crippen LogP contribution is 2.31. The van der Waals surface area contributed by atoms with Crippen LogP contribution in [0.5, 0.6) is 11.5 Å². The normalized spacial score (nSPS) is 22.1. The van der Waals surface area contributed by atoms with Crippen LogP contribution in [-0.2, 0) is 16.0 Å². The summed E-state index contributed by atoms with van der Waals surface area (Å²) in [7, 11) is 3.19. The van der Waals surface area contributed by atoms with Crippen LogP contribution in [0.15, 0.2) is 47.6 Å². The van der Waals surface area contributed by atoms with Crippen LogP contribution in [-0.4, -0.2) is 38.7 Å². The minimum atomic E-state index is -0.361. The van der Waals surface area contributed by atoms with Gasteiger partial charge in [-0.25, -0.2) is 4.39 Å². The Hall–Kier alpha value is -2.60.